The van der Waals surface area contributed by atoms with Gasteiger partial charge in [0, 0.05) is 11.1 Å². The van der Waals surface area contributed by atoms with Crippen molar-refractivity contribution >= 4 is 43.8 Å². The molecular weight excluding hydrogens is 478 g/mol. The monoisotopic (exact) mass is 505 g/mol. The summed E-state index contributed by atoms with van der Waals surface area (Å²) < 4.78 is 34.5. The number of rotatable bonds is 7. The number of thiazole rings is 1. The van der Waals surface area contributed by atoms with Crippen LogP contribution in [0.3, 0.4) is 0 Å². The van der Waals surface area contributed by atoms with E-state index in [1.807, 2.05) is 19.9 Å². The molecule has 2 N–H and O–H groups in total. The molecule has 0 unspecified atom stereocenters. The van der Waals surface area contributed by atoms with Gasteiger partial charge in [0.2, 0.25) is 0 Å². The smallest absolute Gasteiger partial charge is 0.265 e. The number of hydrogen-bond donors (Lipinski definition) is 2. The molecule has 1 fully saturated rings. The molecule has 1 saturated carbocycles. The van der Waals surface area contributed by atoms with Gasteiger partial charge in [-0.05, 0) is 68.1 Å². The zero-order valence-corrected chi connectivity index (χ0v) is 21.3. The molecule has 1 aliphatic rings. The zero-order chi connectivity index (χ0) is 23.6. The molecule has 1 heterocycles. The molecule has 33 heavy (non-hydrogen) atoms. The maximum absolute atomic E-state index is 13.3. The second-order valence-electron chi connectivity index (χ2n) is 8.35. The highest BCUT2D eigenvalue weighted by Crippen LogP contribution is 2.38. The molecule has 6 nitrogen and oxygen atoms in total. The van der Waals surface area contributed by atoms with E-state index in [1.165, 1.54) is 26.4 Å². The molecule has 0 bridgehead atoms. The van der Waals surface area contributed by atoms with Gasteiger partial charge in [-0.2, -0.15) is 0 Å². The third-order valence-electron chi connectivity index (χ3n) is 5.87. The second kappa shape index (κ2) is 9.91. The van der Waals surface area contributed by atoms with Crippen molar-refractivity contribution in [1.29, 1.82) is 0 Å². The Bertz CT molecular complexity index is 1250. The number of anilines is 2. The van der Waals surface area contributed by atoms with E-state index < -0.39 is 10.0 Å². The molecular formula is C24H28ClN3O3S2. The first-order chi connectivity index (χ1) is 15.8. The Hall–Kier alpha value is -2.29. The van der Waals surface area contributed by atoms with Crippen LogP contribution in [-0.2, 0) is 10.0 Å². The highest BCUT2D eigenvalue weighted by Gasteiger charge is 2.23. The Morgan fingerprint density at radius 2 is 1.85 bits per heavy atom. The van der Waals surface area contributed by atoms with Crippen LogP contribution in [0.15, 0.2) is 41.3 Å². The molecule has 0 atom stereocenters. The van der Waals surface area contributed by atoms with Gasteiger partial charge >= 0.3 is 0 Å². The third kappa shape index (κ3) is 5.45. The first kappa shape index (κ1) is 23.9. The number of aromatic nitrogens is 1. The number of nitrogens with zero attached hydrogens (tertiary/aromatic N) is 1. The van der Waals surface area contributed by atoms with Gasteiger partial charge in [-0.15, -0.1) is 0 Å². The van der Waals surface area contributed by atoms with E-state index >= 15 is 0 Å². The minimum absolute atomic E-state index is 0.0637. The molecule has 0 saturated heterocycles. The maximum atomic E-state index is 13.3. The number of ether oxygens (including phenoxy) is 1. The van der Waals surface area contributed by atoms with Crippen molar-refractivity contribution in [1.82, 2.24) is 4.98 Å². The fourth-order valence-electron chi connectivity index (χ4n) is 4.04. The number of halogens is 1. The van der Waals surface area contributed by atoms with E-state index in [1.54, 1.807) is 41.7 Å². The van der Waals surface area contributed by atoms with Gasteiger partial charge < -0.3 is 10.1 Å². The van der Waals surface area contributed by atoms with Gasteiger partial charge in [-0.3, -0.25) is 4.72 Å². The van der Waals surface area contributed by atoms with Gasteiger partial charge in [0.1, 0.15) is 10.6 Å². The number of sulfonamides is 1. The van der Waals surface area contributed by atoms with Crippen LogP contribution in [0, 0.1) is 13.8 Å². The van der Waals surface area contributed by atoms with Crippen molar-refractivity contribution in [3.05, 3.63) is 52.7 Å². The highest BCUT2D eigenvalue weighted by molar-refractivity contribution is 7.92. The Morgan fingerprint density at radius 1 is 1.09 bits per heavy atom. The molecule has 9 heteroatoms. The van der Waals surface area contributed by atoms with Gasteiger partial charge in [-0.25, -0.2) is 13.4 Å². The Labute approximate surface area is 204 Å². The molecule has 0 spiro atoms. The second-order valence-corrected chi connectivity index (χ2v) is 11.4. The molecule has 4 rings (SSSR count). The average Bonchev–Trinajstić information content (AvgIpc) is 3.16. The largest absolute Gasteiger partial charge is 0.495 e. The summed E-state index contributed by atoms with van der Waals surface area (Å²) >= 11 is 7.72. The number of hydrogen-bond acceptors (Lipinski definition) is 6. The summed E-state index contributed by atoms with van der Waals surface area (Å²) in [6.45, 7) is 3.81. The summed E-state index contributed by atoms with van der Waals surface area (Å²) in [5.74, 6) is 0.271. The van der Waals surface area contributed by atoms with Crippen molar-refractivity contribution in [2.75, 3.05) is 17.1 Å². The SMILES string of the molecule is COc1ccc(-c2sc(NC3CCCCC3)nc2C)cc1S(=O)(=O)Nc1ccc(C)c(Cl)c1. The van der Waals surface area contributed by atoms with Crippen LogP contribution in [0.2, 0.25) is 5.02 Å². The number of nitrogens with one attached hydrogen (secondary N) is 2. The van der Waals surface area contributed by atoms with Crippen molar-refractivity contribution in [2.45, 2.75) is 56.9 Å². The molecule has 1 aromatic heterocycles. The van der Waals surface area contributed by atoms with Crippen LogP contribution >= 0.6 is 22.9 Å². The van der Waals surface area contributed by atoms with Crippen LogP contribution in [0.4, 0.5) is 10.8 Å². The van der Waals surface area contributed by atoms with Crippen molar-refractivity contribution in [3.63, 3.8) is 0 Å². The van der Waals surface area contributed by atoms with Crippen molar-refractivity contribution in [3.8, 4) is 16.2 Å². The van der Waals surface area contributed by atoms with Crippen molar-refractivity contribution < 1.29 is 13.2 Å². The van der Waals surface area contributed by atoms with E-state index in [9.17, 15) is 8.42 Å². The number of aryl methyl sites for hydroxylation is 2. The minimum atomic E-state index is -3.91. The lowest BCUT2D eigenvalue weighted by molar-refractivity contribution is 0.403. The lowest BCUT2D eigenvalue weighted by Gasteiger charge is -2.22. The summed E-state index contributed by atoms with van der Waals surface area (Å²) in [6.07, 6.45) is 6.11. The fourth-order valence-corrected chi connectivity index (χ4v) is 6.51. The van der Waals surface area contributed by atoms with Gasteiger partial charge in [-0.1, -0.05) is 48.3 Å². The Morgan fingerprint density at radius 3 is 2.55 bits per heavy atom. The number of benzene rings is 2. The first-order valence-electron chi connectivity index (χ1n) is 11.0. The third-order valence-corrected chi connectivity index (χ3v) is 8.82. The Kier molecular flexibility index (Phi) is 7.16. The van der Waals surface area contributed by atoms with Gasteiger partial charge in [0.15, 0.2) is 5.13 Å². The minimum Gasteiger partial charge on any atom is -0.495 e. The topological polar surface area (TPSA) is 80.3 Å². The van der Waals surface area contributed by atoms with Gasteiger partial charge in [0.05, 0.1) is 23.4 Å². The lowest BCUT2D eigenvalue weighted by atomic mass is 9.96. The summed E-state index contributed by atoms with van der Waals surface area (Å²) in [6, 6.07) is 10.7. The molecule has 2 aromatic carbocycles. The van der Waals surface area contributed by atoms with Crippen molar-refractivity contribution in [2.24, 2.45) is 0 Å². The Balaban J connectivity index is 1.64. The predicted octanol–water partition coefficient (Wildman–Crippen LogP) is 6.63. The van der Waals surface area contributed by atoms with E-state index in [-0.39, 0.29) is 10.6 Å². The van der Waals surface area contributed by atoms with Crippen LogP contribution in [0.25, 0.3) is 10.4 Å². The summed E-state index contributed by atoms with van der Waals surface area (Å²) in [5, 5.41) is 4.93. The first-order valence-corrected chi connectivity index (χ1v) is 13.7. The van der Waals surface area contributed by atoms with E-state index in [4.69, 9.17) is 21.3 Å². The average molecular weight is 506 g/mol. The standard InChI is InChI=1S/C24H28ClN3O3S2/c1-15-9-11-19(14-20(15)25)28-33(29,30)22-13-17(10-12-21(22)31-3)23-16(2)26-24(32-23)27-18-7-5-4-6-8-18/h9-14,18,28H,4-8H2,1-3H3,(H,26,27). The predicted molar refractivity (Wildman–Crippen MR) is 136 cm³/mol. The van der Waals surface area contributed by atoms with Crippen LogP contribution < -0.4 is 14.8 Å². The van der Waals surface area contributed by atoms with E-state index in [2.05, 4.69) is 10.0 Å². The molecule has 0 aliphatic heterocycles. The molecule has 3 aromatic rings. The van der Waals surface area contributed by atoms with Gasteiger partial charge in [0.25, 0.3) is 10.0 Å². The fraction of sp³-hybridized carbons (Fsp3) is 0.375. The summed E-state index contributed by atoms with van der Waals surface area (Å²) in [5.41, 5.74) is 2.92. The molecule has 0 radical (unpaired) electrons. The van der Waals surface area contributed by atoms with E-state index in [0.29, 0.717) is 16.8 Å². The quantitative estimate of drug-likeness (QED) is 0.376. The molecule has 1 aliphatic carbocycles. The maximum Gasteiger partial charge on any atom is 0.265 e. The van der Waals surface area contributed by atoms with Crippen LogP contribution in [-0.4, -0.2) is 26.6 Å². The normalized spacial score (nSPS) is 14.8. The van der Waals surface area contributed by atoms with Crippen LogP contribution in [0.5, 0.6) is 5.75 Å². The molecule has 0 amide bonds. The van der Waals surface area contributed by atoms with Crippen LogP contribution in [0.1, 0.15) is 43.4 Å². The number of methoxy groups -OCH3 is 1. The van der Waals surface area contributed by atoms with E-state index in [0.717, 1.165) is 39.7 Å². The highest BCUT2D eigenvalue weighted by atomic mass is 35.5. The molecule has 176 valence electrons. The zero-order valence-electron chi connectivity index (χ0n) is 18.9. The summed E-state index contributed by atoms with van der Waals surface area (Å²) in [7, 11) is -2.45. The summed E-state index contributed by atoms with van der Waals surface area (Å²) in [4.78, 5) is 5.70. The lowest BCUT2D eigenvalue weighted by Crippen LogP contribution is -2.21.